The summed E-state index contributed by atoms with van der Waals surface area (Å²) in [7, 11) is -3.10. The van der Waals surface area contributed by atoms with E-state index in [1.165, 1.54) is 44.4 Å². The third kappa shape index (κ3) is 6.78. The Morgan fingerprint density at radius 3 is 2.43 bits per heavy atom. The summed E-state index contributed by atoms with van der Waals surface area (Å²) in [4.78, 5) is 23.5. The maximum absolute atomic E-state index is 13.8. The minimum Gasteiger partial charge on any atom is -0.495 e. The number of nitrogens with one attached hydrogen (secondary N) is 1. The summed E-state index contributed by atoms with van der Waals surface area (Å²) in [6, 6.07) is 15.3. The van der Waals surface area contributed by atoms with E-state index in [4.69, 9.17) is 16.3 Å². The van der Waals surface area contributed by atoms with Crippen molar-refractivity contribution in [3.8, 4) is 5.75 Å². The third-order valence-corrected chi connectivity index (χ3v) is 7.71. The number of anilines is 2. The highest BCUT2D eigenvalue weighted by molar-refractivity contribution is 7.92. The van der Waals surface area contributed by atoms with Crippen molar-refractivity contribution in [1.29, 1.82) is 0 Å². The number of aryl methyl sites for hydroxylation is 2. The maximum Gasteiger partial charge on any atom is 0.273 e. The number of unbranched alkanes of at least 4 members (excludes halogenated alkanes) is 1. The van der Waals surface area contributed by atoms with Crippen LogP contribution in [0.3, 0.4) is 0 Å². The zero-order valence-corrected chi connectivity index (χ0v) is 22.3. The molecular weight excluding hydrogens is 518 g/mol. The molecule has 0 aliphatic rings. The molecule has 0 saturated heterocycles. The Morgan fingerprint density at radius 1 is 1.11 bits per heavy atom. The highest BCUT2D eigenvalue weighted by atomic mass is 35.5. The van der Waals surface area contributed by atoms with Gasteiger partial charge in [-0.25, -0.2) is 8.42 Å². The van der Waals surface area contributed by atoms with Gasteiger partial charge in [-0.3, -0.25) is 19.2 Å². The van der Waals surface area contributed by atoms with E-state index in [1.54, 1.807) is 12.1 Å². The van der Waals surface area contributed by atoms with Gasteiger partial charge in [0.25, 0.3) is 15.7 Å². The molecule has 0 atom stereocenters. The molecular formula is C26H28ClN3O6S. The lowest BCUT2D eigenvalue weighted by atomic mass is 10.1. The average molecular weight is 546 g/mol. The highest BCUT2D eigenvalue weighted by Gasteiger charge is 2.31. The lowest BCUT2D eigenvalue weighted by Crippen LogP contribution is -2.38. The van der Waals surface area contributed by atoms with Gasteiger partial charge in [0.2, 0.25) is 5.91 Å². The first kappa shape index (κ1) is 27.9. The molecule has 9 nitrogen and oxygen atoms in total. The van der Waals surface area contributed by atoms with Crippen LogP contribution in [0.4, 0.5) is 17.1 Å². The Labute approximate surface area is 221 Å². The number of methoxy groups -OCH3 is 1. The Hall–Kier alpha value is -3.63. The number of sulfonamides is 1. The molecule has 1 N–H and O–H groups in total. The summed E-state index contributed by atoms with van der Waals surface area (Å²) < 4.78 is 33.7. The van der Waals surface area contributed by atoms with Gasteiger partial charge in [0.15, 0.2) is 0 Å². The molecule has 0 spiro atoms. The normalized spacial score (nSPS) is 11.1. The van der Waals surface area contributed by atoms with Gasteiger partial charge in [0.1, 0.15) is 12.3 Å². The third-order valence-electron chi connectivity index (χ3n) is 5.72. The van der Waals surface area contributed by atoms with E-state index < -0.39 is 27.4 Å². The standard InChI is InChI=1S/C26H28ClN3O6S/c1-4-5-6-19-8-11-21(12-9-19)28-26(31)17-29(24-15-20(27)10-14-25(24)36-3)37(34,35)22-13-7-18(2)23(16-22)30(32)33/h7-16H,4-6,17H2,1-3H3,(H,28,31). The molecule has 3 aromatic carbocycles. The number of benzene rings is 3. The minimum absolute atomic E-state index is 0.0169. The highest BCUT2D eigenvalue weighted by Crippen LogP contribution is 2.35. The number of nitro groups is 1. The lowest BCUT2D eigenvalue weighted by Gasteiger charge is -2.26. The van der Waals surface area contributed by atoms with Crippen molar-refractivity contribution in [2.45, 2.75) is 38.0 Å². The summed E-state index contributed by atoms with van der Waals surface area (Å²) in [5, 5.41) is 14.4. The minimum atomic E-state index is -4.45. The van der Waals surface area contributed by atoms with Crippen molar-refractivity contribution in [3.63, 3.8) is 0 Å². The zero-order valence-electron chi connectivity index (χ0n) is 20.7. The molecule has 0 bridgehead atoms. The van der Waals surface area contributed by atoms with Crippen LogP contribution in [0.2, 0.25) is 5.02 Å². The van der Waals surface area contributed by atoms with Gasteiger partial charge in [-0.15, -0.1) is 0 Å². The van der Waals surface area contributed by atoms with E-state index in [1.807, 2.05) is 12.1 Å². The lowest BCUT2D eigenvalue weighted by molar-refractivity contribution is -0.385. The van der Waals surface area contributed by atoms with Crippen LogP contribution in [0.5, 0.6) is 5.75 Å². The van der Waals surface area contributed by atoms with E-state index in [0.29, 0.717) is 11.3 Å². The molecule has 0 aromatic heterocycles. The summed E-state index contributed by atoms with van der Waals surface area (Å²) >= 11 is 6.15. The number of halogens is 1. The quantitative estimate of drug-likeness (QED) is 0.242. The molecule has 11 heteroatoms. The molecule has 0 aliphatic carbocycles. The van der Waals surface area contributed by atoms with Gasteiger partial charge in [-0.2, -0.15) is 0 Å². The molecule has 1 amide bonds. The number of nitrogens with zero attached hydrogens (tertiary/aromatic N) is 2. The van der Waals surface area contributed by atoms with Crippen molar-refractivity contribution in [1.82, 2.24) is 0 Å². The van der Waals surface area contributed by atoms with Gasteiger partial charge in [-0.05, 0) is 61.7 Å². The number of nitro benzene ring substituents is 1. The van der Waals surface area contributed by atoms with Gasteiger partial charge < -0.3 is 10.1 Å². The topological polar surface area (TPSA) is 119 Å². The summed E-state index contributed by atoms with van der Waals surface area (Å²) in [6.45, 7) is 2.99. The zero-order chi connectivity index (χ0) is 27.2. The van der Waals surface area contributed by atoms with Gasteiger partial charge >= 0.3 is 0 Å². The van der Waals surface area contributed by atoms with Crippen LogP contribution < -0.4 is 14.4 Å². The largest absolute Gasteiger partial charge is 0.495 e. The number of carbonyl (C=O) groups excluding carboxylic acids is 1. The smallest absolute Gasteiger partial charge is 0.273 e. The number of amides is 1. The van der Waals surface area contributed by atoms with Crippen molar-refractivity contribution in [2.75, 3.05) is 23.3 Å². The summed E-state index contributed by atoms with van der Waals surface area (Å²) in [6.07, 6.45) is 3.05. The fourth-order valence-corrected chi connectivity index (χ4v) is 5.31. The first-order valence-electron chi connectivity index (χ1n) is 11.6. The van der Waals surface area contributed by atoms with E-state index in [2.05, 4.69) is 12.2 Å². The molecule has 3 aromatic rings. The van der Waals surface area contributed by atoms with Gasteiger partial charge in [-0.1, -0.05) is 43.1 Å². The van der Waals surface area contributed by atoms with Crippen molar-refractivity contribution in [2.24, 2.45) is 0 Å². The predicted octanol–water partition coefficient (Wildman–Crippen LogP) is 5.74. The van der Waals surface area contributed by atoms with E-state index >= 15 is 0 Å². The van der Waals surface area contributed by atoms with Gasteiger partial charge in [0, 0.05) is 22.3 Å². The molecule has 37 heavy (non-hydrogen) atoms. The Morgan fingerprint density at radius 2 is 1.81 bits per heavy atom. The number of ether oxygens (including phenoxy) is 1. The van der Waals surface area contributed by atoms with Gasteiger partial charge in [0.05, 0.1) is 22.6 Å². The molecule has 196 valence electrons. The van der Waals surface area contributed by atoms with E-state index in [9.17, 15) is 23.3 Å². The van der Waals surface area contributed by atoms with Crippen LogP contribution in [-0.4, -0.2) is 32.9 Å². The fourth-order valence-electron chi connectivity index (χ4n) is 3.70. The van der Waals surface area contributed by atoms with Crippen LogP contribution in [0, 0.1) is 17.0 Å². The SMILES string of the molecule is CCCCc1ccc(NC(=O)CN(c2cc(Cl)ccc2OC)S(=O)(=O)c2ccc(C)c([N+](=O)[O-])c2)cc1. The molecule has 0 heterocycles. The van der Waals surface area contributed by atoms with Crippen molar-refractivity contribution >= 4 is 44.6 Å². The molecule has 0 saturated carbocycles. The number of hydrogen-bond acceptors (Lipinski definition) is 6. The first-order chi connectivity index (χ1) is 17.6. The second-order valence-electron chi connectivity index (χ2n) is 8.38. The Bertz CT molecular complexity index is 1390. The maximum atomic E-state index is 13.8. The van der Waals surface area contributed by atoms with Crippen LogP contribution in [0.1, 0.15) is 30.9 Å². The van der Waals surface area contributed by atoms with Crippen molar-refractivity contribution in [3.05, 3.63) is 86.9 Å². The predicted molar refractivity (Wildman–Crippen MR) is 144 cm³/mol. The molecule has 0 aliphatic heterocycles. The van der Waals surface area contributed by atoms with E-state index in [0.717, 1.165) is 35.2 Å². The second kappa shape index (κ2) is 12.1. The van der Waals surface area contributed by atoms with Crippen LogP contribution in [0.25, 0.3) is 0 Å². The molecule has 0 fully saturated rings. The molecule has 0 unspecified atom stereocenters. The summed E-state index contributed by atoms with van der Waals surface area (Å²) in [5.41, 5.74) is 1.60. The number of hydrogen-bond donors (Lipinski definition) is 1. The van der Waals surface area contributed by atoms with Crippen LogP contribution in [0.15, 0.2) is 65.6 Å². The van der Waals surface area contributed by atoms with E-state index in [-0.39, 0.29) is 27.0 Å². The molecule has 3 rings (SSSR count). The Kier molecular flexibility index (Phi) is 9.12. The second-order valence-corrected chi connectivity index (χ2v) is 10.7. The first-order valence-corrected chi connectivity index (χ1v) is 13.4. The fraction of sp³-hybridized carbons (Fsp3) is 0.269. The monoisotopic (exact) mass is 545 g/mol. The number of rotatable bonds is 11. The van der Waals surface area contributed by atoms with Crippen molar-refractivity contribution < 1.29 is 22.9 Å². The number of carbonyl (C=O) groups is 1. The van der Waals surface area contributed by atoms with Crippen LogP contribution >= 0.6 is 11.6 Å². The van der Waals surface area contributed by atoms with Crippen LogP contribution in [-0.2, 0) is 21.2 Å². The molecule has 0 radical (unpaired) electrons. The Balaban J connectivity index is 1.99. The average Bonchev–Trinajstić information content (AvgIpc) is 2.86. The summed E-state index contributed by atoms with van der Waals surface area (Å²) in [5.74, 6) is -0.462.